The molecule has 3 rings (SSSR count). The van der Waals surface area contributed by atoms with E-state index in [0.717, 1.165) is 50.3 Å². The van der Waals surface area contributed by atoms with E-state index in [1.807, 2.05) is 24.3 Å². The zero-order chi connectivity index (χ0) is 21.2. The van der Waals surface area contributed by atoms with Gasteiger partial charge in [0.2, 0.25) is 5.91 Å². The van der Waals surface area contributed by atoms with Crippen LogP contribution in [0, 0.1) is 12.3 Å². The van der Waals surface area contributed by atoms with Gasteiger partial charge >= 0.3 is 0 Å². The van der Waals surface area contributed by atoms with Crippen LogP contribution < -0.4 is 10.1 Å². The van der Waals surface area contributed by atoms with E-state index in [-0.39, 0.29) is 5.91 Å². The smallest absolute Gasteiger partial charge is 0.220 e. The highest BCUT2D eigenvalue weighted by molar-refractivity contribution is 5.76. The number of ether oxygens (including phenoxy) is 2. The molecule has 30 heavy (non-hydrogen) atoms. The molecule has 1 aromatic carbocycles. The summed E-state index contributed by atoms with van der Waals surface area (Å²) in [6, 6.07) is 8.45. The maximum absolute atomic E-state index is 12.2. The summed E-state index contributed by atoms with van der Waals surface area (Å²) in [6.45, 7) is 3.68. The molecule has 0 unspecified atom stereocenters. The molecule has 0 spiro atoms. The molecule has 0 radical (unpaired) electrons. The maximum Gasteiger partial charge on any atom is 0.220 e. The Labute approximate surface area is 179 Å². The average molecular weight is 413 g/mol. The number of nitrogens with one attached hydrogen (secondary N) is 1. The Morgan fingerprint density at radius 3 is 2.90 bits per heavy atom. The van der Waals surface area contributed by atoms with Gasteiger partial charge in [0.15, 0.2) is 5.66 Å². The van der Waals surface area contributed by atoms with E-state index in [2.05, 4.69) is 33.4 Å². The van der Waals surface area contributed by atoms with Crippen LogP contribution in [0.25, 0.3) is 0 Å². The molecule has 0 aromatic heterocycles. The van der Waals surface area contributed by atoms with Gasteiger partial charge in [-0.25, -0.2) is 0 Å². The SMILES string of the molecule is C#CCCC1(CCC(=O)NCc2cccc(OCCN(C)C3CCOCC3)c2)N=N1. The van der Waals surface area contributed by atoms with Crippen molar-refractivity contribution >= 4 is 5.91 Å². The van der Waals surface area contributed by atoms with Crippen LogP contribution >= 0.6 is 0 Å². The number of terminal acetylenes is 1. The highest BCUT2D eigenvalue weighted by atomic mass is 16.5. The molecule has 1 amide bonds. The minimum Gasteiger partial charge on any atom is -0.492 e. The van der Waals surface area contributed by atoms with Gasteiger partial charge in [-0.15, -0.1) is 12.3 Å². The standard InChI is InChI=1S/C23H32N4O3/c1-3-4-11-23(25-26-23)12-8-22(28)24-18-19-6-5-7-21(17-19)30-16-13-27(2)20-9-14-29-15-10-20/h1,5-7,17,20H,4,8-16,18H2,2H3,(H,24,28). The second-order valence-corrected chi connectivity index (χ2v) is 7.98. The van der Waals surface area contributed by atoms with Crippen molar-refractivity contribution in [3.05, 3.63) is 29.8 Å². The van der Waals surface area contributed by atoms with Crippen molar-refractivity contribution in [1.82, 2.24) is 10.2 Å². The third kappa shape index (κ3) is 7.12. The lowest BCUT2D eigenvalue weighted by Crippen LogP contribution is -2.38. The first kappa shape index (κ1) is 22.3. The number of rotatable bonds is 12. The summed E-state index contributed by atoms with van der Waals surface area (Å²) in [7, 11) is 2.14. The fourth-order valence-electron chi connectivity index (χ4n) is 3.63. The van der Waals surface area contributed by atoms with Gasteiger partial charge in [-0.3, -0.25) is 9.69 Å². The average Bonchev–Trinajstić information content (AvgIpc) is 3.56. The summed E-state index contributed by atoms with van der Waals surface area (Å²) in [5.74, 6) is 3.42. The van der Waals surface area contributed by atoms with Gasteiger partial charge < -0.3 is 14.8 Å². The van der Waals surface area contributed by atoms with Crippen LogP contribution in [0.5, 0.6) is 5.75 Å². The first-order valence-corrected chi connectivity index (χ1v) is 10.7. The van der Waals surface area contributed by atoms with E-state index in [0.29, 0.717) is 38.5 Å². The Balaban J connectivity index is 1.34. The monoisotopic (exact) mass is 412 g/mol. The maximum atomic E-state index is 12.2. The van der Waals surface area contributed by atoms with E-state index >= 15 is 0 Å². The largest absolute Gasteiger partial charge is 0.492 e. The molecule has 2 aliphatic heterocycles. The number of nitrogens with zero attached hydrogens (tertiary/aromatic N) is 3. The zero-order valence-electron chi connectivity index (χ0n) is 17.8. The van der Waals surface area contributed by atoms with Crippen molar-refractivity contribution < 1.29 is 14.3 Å². The third-order valence-electron chi connectivity index (χ3n) is 5.72. The molecular weight excluding hydrogens is 380 g/mol. The molecule has 2 heterocycles. The van der Waals surface area contributed by atoms with E-state index in [1.54, 1.807) is 0 Å². The molecule has 1 aromatic rings. The summed E-state index contributed by atoms with van der Waals surface area (Å²) >= 11 is 0. The van der Waals surface area contributed by atoms with Crippen molar-refractivity contribution in [1.29, 1.82) is 0 Å². The first-order valence-electron chi connectivity index (χ1n) is 10.7. The van der Waals surface area contributed by atoms with Crippen LogP contribution in [-0.2, 0) is 16.1 Å². The van der Waals surface area contributed by atoms with E-state index in [9.17, 15) is 4.79 Å². The molecule has 1 N–H and O–H groups in total. The molecule has 0 atom stereocenters. The van der Waals surface area contributed by atoms with Crippen molar-refractivity contribution in [2.24, 2.45) is 10.2 Å². The highest BCUT2D eigenvalue weighted by Crippen LogP contribution is 2.37. The number of hydrogen-bond donors (Lipinski definition) is 1. The lowest BCUT2D eigenvalue weighted by molar-refractivity contribution is -0.121. The Bertz CT molecular complexity index is 762. The molecule has 0 bridgehead atoms. The van der Waals surface area contributed by atoms with Gasteiger partial charge in [0.25, 0.3) is 0 Å². The van der Waals surface area contributed by atoms with Gasteiger partial charge in [0, 0.05) is 58.0 Å². The molecule has 0 saturated carbocycles. The van der Waals surface area contributed by atoms with Gasteiger partial charge in [-0.2, -0.15) is 10.2 Å². The minimum absolute atomic E-state index is 0.00297. The van der Waals surface area contributed by atoms with E-state index in [1.165, 1.54) is 0 Å². The second kappa shape index (κ2) is 11.1. The molecule has 1 saturated heterocycles. The van der Waals surface area contributed by atoms with Crippen molar-refractivity contribution in [2.45, 2.75) is 56.8 Å². The van der Waals surface area contributed by atoms with Crippen LogP contribution in [0.15, 0.2) is 34.5 Å². The Morgan fingerprint density at radius 2 is 2.17 bits per heavy atom. The van der Waals surface area contributed by atoms with Gasteiger partial charge in [-0.05, 0) is 37.6 Å². The van der Waals surface area contributed by atoms with Crippen molar-refractivity contribution in [3.8, 4) is 18.1 Å². The van der Waals surface area contributed by atoms with Crippen LogP contribution in [-0.4, -0.2) is 55.9 Å². The predicted molar refractivity (Wildman–Crippen MR) is 115 cm³/mol. The summed E-state index contributed by atoms with van der Waals surface area (Å²) in [5, 5.41) is 11.1. The number of amides is 1. The predicted octanol–water partition coefficient (Wildman–Crippen LogP) is 3.15. The van der Waals surface area contributed by atoms with Crippen LogP contribution in [0.4, 0.5) is 0 Å². The second-order valence-electron chi connectivity index (χ2n) is 7.98. The third-order valence-corrected chi connectivity index (χ3v) is 5.72. The van der Waals surface area contributed by atoms with Gasteiger partial charge in [0.05, 0.1) is 0 Å². The number of hydrogen-bond acceptors (Lipinski definition) is 6. The zero-order valence-corrected chi connectivity index (χ0v) is 17.8. The number of benzene rings is 1. The summed E-state index contributed by atoms with van der Waals surface area (Å²) < 4.78 is 11.3. The molecule has 7 nitrogen and oxygen atoms in total. The normalized spacial score (nSPS) is 17.5. The van der Waals surface area contributed by atoms with Gasteiger partial charge in [0.1, 0.15) is 12.4 Å². The fraction of sp³-hybridized carbons (Fsp3) is 0.609. The van der Waals surface area contributed by atoms with E-state index < -0.39 is 5.66 Å². The molecule has 7 heteroatoms. The van der Waals surface area contributed by atoms with Crippen molar-refractivity contribution in [3.63, 3.8) is 0 Å². The Morgan fingerprint density at radius 1 is 1.37 bits per heavy atom. The van der Waals surface area contributed by atoms with Crippen molar-refractivity contribution in [2.75, 3.05) is 33.4 Å². The van der Waals surface area contributed by atoms with Crippen LogP contribution in [0.1, 0.15) is 44.1 Å². The topological polar surface area (TPSA) is 75.5 Å². The van der Waals surface area contributed by atoms with Crippen LogP contribution in [0.2, 0.25) is 0 Å². The lowest BCUT2D eigenvalue weighted by Gasteiger charge is -2.31. The lowest BCUT2D eigenvalue weighted by atomic mass is 10.0. The summed E-state index contributed by atoms with van der Waals surface area (Å²) in [5.41, 5.74) is 0.608. The quantitative estimate of drug-likeness (QED) is 0.535. The molecule has 1 fully saturated rings. The minimum atomic E-state index is -0.407. The molecule has 2 aliphatic rings. The number of likely N-dealkylation sites (N-methyl/N-ethyl adjacent to an activating group) is 1. The molecule has 0 aliphatic carbocycles. The molecule has 162 valence electrons. The Hall–Kier alpha value is -2.43. The number of carbonyl (C=O) groups is 1. The number of carbonyl (C=O) groups excluding carboxylic acids is 1. The highest BCUT2D eigenvalue weighted by Gasteiger charge is 2.39. The summed E-state index contributed by atoms with van der Waals surface area (Å²) in [4.78, 5) is 14.5. The van der Waals surface area contributed by atoms with E-state index in [4.69, 9.17) is 15.9 Å². The van der Waals surface area contributed by atoms with Gasteiger partial charge in [-0.1, -0.05) is 12.1 Å². The fourth-order valence-corrected chi connectivity index (χ4v) is 3.63. The summed E-state index contributed by atoms with van der Waals surface area (Å²) in [6.07, 6.45) is 9.82. The molecular formula is C23H32N4O3. The first-order chi connectivity index (χ1) is 14.6. The Kier molecular flexibility index (Phi) is 8.23. The van der Waals surface area contributed by atoms with Crippen LogP contribution in [0.3, 0.4) is 0 Å².